The average molecular weight is 153 g/mol. The van der Waals surface area contributed by atoms with Crippen molar-refractivity contribution in [2.45, 2.75) is 6.10 Å². The van der Waals surface area contributed by atoms with E-state index in [0.717, 1.165) is 0 Å². The van der Waals surface area contributed by atoms with E-state index in [9.17, 15) is 4.39 Å². The van der Waals surface area contributed by atoms with Crippen LogP contribution >= 0.6 is 0 Å². The Morgan fingerprint density at radius 3 is 2.64 bits per heavy atom. The molecule has 0 N–H and O–H groups in total. The number of methoxy groups -OCH3 is 1. The molecule has 0 aliphatic rings. The molecule has 1 nitrogen and oxygen atoms in total. The minimum atomic E-state index is -0.420. The van der Waals surface area contributed by atoms with Crippen LogP contribution in [0, 0.1) is 12.7 Å². The van der Waals surface area contributed by atoms with E-state index in [1.807, 2.05) is 0 Å². The van der Waals surface area contributed by atoms with Gasteiger partial charge in [0.1, 0.15) is 5.82 Å². The van der Waals surface area contributed by atoms with Crippen molar-refractivity contribution in [2.75, 3.05) is 7.11 Å². The lowest BCUT2D eigenvalue weighted by molar-refractivity contribution is 0.137. The van der Waals surface area contributed by atoms with Crippen molar-refractivity contribution in [2.24, 2.45) is 0 Å². The summed E-state index contributed by atoms with van der Waals surface area (Å²) in [7, 11) is 1.50. The van der Waals surface area contributed by atoms with E-state index in [1.165, 1.54) is 13.2 Å². The Kier molecular flexibility index (Phi) is 2.60. The zero-order valence-corrected chi connectivity index (χ0v) is 6.38. The van der Waals surface area contributed by atoms with Gasteiger partial charge >= 0.3 is 0 Å². The van der Waals surface area contributed by atoms with Crippen LogP contribution in [0.4, 0.5) is 4.39 Å². The van der Waals surface area contributed by atoms with Crippen molar-refractivity contribution in [1.82, 2.24) is 0 Å². The second-order valence-corrected chi connectivity index (χ2v) is 2.25. The molecule has 0 aliphatic carbocycles. The van der Waals surface area contributed by atoms with Gasteiger partial charge in [-0.05, 0) is 13.0 Å². The van der Waals surface area contributed by atoms with Gasteiger partial charge in [0.15, 0.2) is 0 Å². The van der Waals surface area contributed by atoms with Crippen molar-refractivity contribution in [3.63, 3.8) is 0 Å². The molecule has 2 heteroatoms. The smallest absolute Gasteiger partial charge is 0.129 e. The summed E-state index contributed by atoms with van der Waals surface area (Å²) in [5.41, 5.74) is 0.495. The van der Waals surface area contributed by atoms with E-state index in [2.05, 4.69) is 6.92 Å². The predicted octanol–water partition coefficient (Wildman–Crippen LogP) is 2.35. The third-order valence-electron chi connectivity index (χ3n) is 1.54. The molecule has 0 bridgehead atoms. The highest BCUT2D eigenvalue weighted by Crippen LogP contribution is 2.17. The lowest BCUT2D eigenvalue weighted by Gasteiger charge is -2.09. The van der Waals surface area contributed by atoms with Crippen molar-refractivity contribution in [3.8, 4) is 0 Å². The van der Waals surface area contributed by atoms with Gasteiger partial charge in [-0.3, -0.25) is 0 Å². The highest BCUT2D eigenvalue weighted by molar-refractivity contribution is 5.20. The van der Waals surface area contributed by atoms with Gasteiger partial charge in [-0.15, -0.1) is 0 Å². The molecule has 11 heavy (non-hydrogen) atoms. The summed E-state index contributed by atoms with van der Waals surface area (Å²) in [6.07, 6.45) is -0.420. The minimum absolute atomic E-state index is 0.269. The van der Waals surface area contributed by atoms with E-state index in [0.29, 0.717) is 5.56 Å². The lowest BCUT2D eigenvalue weighted by atomic mass is 10.1. The molecule has 1 radical (unpaired) electrons. The van der Waals surface area contributed by atoms with Gasteiger partial charge < -0.3 is 4.74 Å². The van der Waals surface area contributed by atoms with Crippen LogP contribution in [0.3, 0.4) is 0 Å². The number of halogens is 1. The molecule has 1 aromatic carbocycles. The van der Waals surface area contributed by atoms with Crippen molar-refractivity contribution >= 4 is 0 Å². The third kappa shape index (κ3) is 1.77. The maximum Gasteiger partial charge on any atom is 0.129 e. The number of hydrogen-bond acceptors (Lipinski definition) is 1. The van der Waals surface area contributed by atoms with E-state index in [1.54, 1.807) is 18.2 Å². The maximum absolute atomic E-state index is 12.9. The second kappa shape index (κ2) is 3.49. The maximum atomic E-state index is 12.9. The van der Waals surface area contributed by atoms with Crippen LogP contribution in [-0.4, -0.2) is 7.11 Å². The molecule has 1 aromatic rings. The van der Waals surface area contributed by atoms with Gasteiger partial charge in [-0.1, -0.05) is 18.2 Å². The number of hydrogen-bond donors (Lipinski definition) is 0. The molecule has 0 fully saturated rings. The van der Waals surface area contributed by atoms with Gasteiger partial charge in [0.2, 0.25) is 0 Å². The summed E-state index contributed by atoms with van der Waals surface area (Å²) in [6, 6.07) is 6.46. The first-order valence-corrected chi connectivity index (χ1v) is 3.36. The molecular formula is C9H10FO. The van der Waals surface area contributed by atoms with Crippen LogP contribution in [0.1, 0.15) is 11.7 Å². The molecule has 1 atom stereocenters. The molecule has 0 aromatic heterocycles. The van der Waals surface area contributed by atoms with Crippen LogP contribution in [-0.2, 0) is 4.74 Å². The molecule has 59 valence electrons. The zero-order valence-electron chi connectivity index (χ0n) is 6.38. The van der Waals surface area contributed by atoms with Crippen LogP contribution in [0.5, 0.6) is 0 Å². The Labute approximate surface area is 65.8 Å². The number of ether oxygens (including phenoxy) is 1. The van der Waals surface area contributed by atoms with Gasteiger partial charge in [-0.25, -0.2) is 4.39 Å². The Balaban J connectivity index is 2.93. The summed E-state index contributed by atoms with van der Waals surface area (Å²) in [5, 5.41) is 0. The zero-order chi connectivity index (χ0) is 8.27. The second-order valence-electron chi connectivity index (χ2n) is 2.25. The van der Waals surface area contributed by atoms with Crippen LogP contribution in [0.25, 0.3) is 0 Å². The minimum Gasteiger partial charge on any atom is -0.377 e. The highest BCUT2D eigenvalue weighted by Gasteiger charge is 2.07. The van der Waals surface area contributed by atoms with E-state index in [4.69, 9.17) is 4.74 Å². The quantitative estimate of drug-likeness (QED) is 0.633. The normalized spacial score (nSPS) is 13.0. The largest absolute Gasteiger partial charge is 0.377 e. The van der Waals surface area contributed by atoms with Crippen molar-refractivity contribution < 1.29 is 9.13 Å². The van der Waals surface area contributed by atoms with Crippen LogP contribution < -0.4 is 0 Å². The Bertz CT molecular complexity index is 235. The summed E-state index contributed by atoms with van der Waals surface area (Å²) < 4.78 is 17.8. The fraction of sp³-hybridized carbons (Fsp3) is 0.222. The summed E-state index contributed by atoms with van der Waals surface area (Å²) >= 11 is 0. The monoisotopic (exact) mass is 153 g/mol. The van der Waals surface area contributed by atoms with E-state index in [-0.39, 0.29) is 5.82 Å². The molecule has 0 amide bonds. The number of benzene rings is 1. The molecular weight excluding hydrogens is 143 g/mol. The molecule has 0 aliphatic heterocycles. The molecule has 0 saturated carbocycles. The Hall–Kier alpha value is -0.890. The van der Waals surface area contributed by atoms with Gasteiger partial charge in [0.05, 0.1) is 6.10 Å². The fourth-order valence-electron chi connectivity index (χ4n) is 0.863. The standard InChI is InChI=1S/C9H10FO/c1-7(11-2)8-5-3-4-6-9(8)10/h3-7H,1H2,2H3. The summed E-state index contributed by atoms with van der Waals surface area (Å²) in [5.74, 6) is -0.269. The molecule has 0 heterocycles. The van der Waals surface area contributed by atoms with Crippen molar-refractivity contribution in [1.29, 1.82) is 0 Å². The van der Waals surface area contributed by atoms with Gasteiger partial charge in [0.25, 0.3) is 0 Å². The highest BCUT2D eigenvalue weighted by atomic mass is 19.1. The topological polar surface area (TPSA) is 9.23 Å². The van der Waals surface area contributed by atoms with Gasteiger partial charge in [-0.2, -0.15) is 0 Å². The van der Waals surface area contributed by atoms with Gasteiger partial charge in [0, 0.05) is 12.7 Å². The average Bonchev–Trinajstić information content (AvgIpc) is 2.04. The fourth-order valence-corrected chi connectivity index (χ4v) is 0.863. The third-order valence-corrected chi connectivity index (χ3v) is 1.54. The van der Waals surface area contributed by atoms with Crippen molar-refractivity contribution in [3.05, 3.63) is 42.6 Å². The molecule has 1 unspecified atom stereocenters. The first-order chi connectivity index (χ1) is 5.25. The summed E-state index contributed by atoms with van der Waals surface area (Å²) in [6.45, 7) is 3.63. The van der Waals surface area contributed by atoms with E-state index >= 15 is 0 Å². The molecule has 1 rings (SSSR count). The Morgan fingerprint density at radius 1 is 1.45 bits per heavy atom. The summed E-state index contributed by atoms with van der Waals surface area (Å²) in [4.78, 5) is 0. The first kappa shape index (κ1) is 8.21. The predicted molar refractivity (Wildman–Crippen MR) is 41.5 cm³/mol. The first-order valence-electron chi connectivity index (χ1n) is 3.36. The molecule has 0 spiro atoms. The number of rotatable bonds is 2. The Morgan fingerprint density at radius 2 is 2.09 bits per heavy atom. The van der Waals surface area contributed by atoms with E-state index < -0.39 is 6.10 Å². The van der Waals surface area contributed by atoms with Crippen LogP contribution in [0.15, 0.2) is 24.3 Å². The van der Waals surface area contributed by atoms with Crippen LogP contribution in [0.2, 0.25) is 0 Å². The molecule has 0 saturated heterocycles. The SMILES string of the molecule is [CH2]C(OC)c1ccccc1F. The lowest BCUT2D eigenvalue weighted by Crippen LogP contribution is -1.98.